The quantitative estimate of drug-likeness (QED) is 0.208. The minimum atomic E-state index is -6.46. The molecule has 1 saturated heterocycles. The normalized spacial score (nSPS) is 27.2. The van der Waals surface area contributed by atoms with Gasteiger partial charge in [0.1, 0.15) is 17.1 Å². The average molecular weight is 674 g/mol. The molecule has 0 radical (unpaired) electrons. The number of imide groups is 1. The number of carboxylic acids is 1. The summed E-state index contributed by atoms with van der Waals surface area (Å²) >= 11 is 0. The minimum absolute atomic E-state index is 0.00159. The Kier molecular flexibility index (Phi) is 7.41. The van der Waals surface area contributed by atoms with Gasteiger partial charge in [-0.05, 0) is 49.3 Å². The monoisotopic (exact) mass is 673 g/mol. The van der Waals surface area contributed by atoms with Crippen molar-refractivity contribution in [1.29, 1.82) is 0 Å². The molecule has 3 fully saturated rings. The predicted octanol–water partition coefficient (Wildman–Crippen LogP) is 2.36. The highest BCUT2D eigenvalue weighted by atomic mass is 32.2. The number of carbonyl (C=O) groups excluding carboxylic acids is 3. The third-order valence-electron chi connectivity index (χ3n) is 8.51. The van der Waals surface area contributed by atoms with Crippen molar-refractivity contribution < 1.29 is 67.8 Å². The first-order valence-corrected chi connectivity index (χ1v) is 16.8. The highest BCUT2D eigenvalue weighted by Crippen LogP contribution is 2.55. The molecule has 0 aromatic heterocycles. The van der Waals surface area contributed by atoms with Gasteiger partial charge in [0, 0.05) is 17.2 Å². The number of alkyl halides is 2. The van der Waals surface area contributed by atoms with E-state index in [0.717, 1.165) is 6.07 Å². The molecule has 0 spiro atoms. The number of hydrogen-bond donors (Lipinski definition) is 1. The van der Waals surface area contributed by atoms with Crippen LogP contribution in [0.2, 0.25) is 0 Å². The van der Waals surface area contributed by atoms with Crippen LogP contribution in [0.1, 0.15) is 59.7 Å². The Balaban J connectivity index is 1.26. The number of hydrogen-bond acceptors (Lipinski definition) is 12. The van der Waals surface area contributed by atoms with Crippen molar-refractivity contribution in [3.8, 4) is 5.75 Å². The van der Waals surface area contributed by atoms with E-state index in [1.807, 2.05) is 6.92 Å². The van der Waals surface area contributed by atoms with Crippen molar-refractivity contribution in [1.82, 2.24) is 5.06 Å². The van der Waals surface area contributed by atoms with Gasteiger partial charge in [0.2, 0.25) is 0 Å². The zero-order valence-corrected chi connectivity index (χ0v) is 24.9. The predicted molar refractivity (Wildman–Crippen MR) is 145 cm³/mol. The van der Waals surface area contributed by atoms with Crippen LogP contribution in [0.4, 0.5) is 8.78 Å². The fourth-order valence-corrected chi connectivity index (χ4v) is 9.20. The average Bonchev–Trinajstić information content (AvgIpc) is 3.58. The second-order valence-electron chi connectivity index (χ2n) is 11.3. The summed E-state index contributed by atoms with van der Waals surface area (Å²) < 4.78 is 100. The van der Waals surface area contributed by atoms with Gasteiger partial charge in [-0.3, -0.25) is 13.8 Å². The number of hydroxylamine groups is 2. The van der Waals surface area contributed by atoms with Gasteiger partial charge in [-0.25, -0.2) is 9.59 Å². The molecule has 2 aliphatic heterocycles. The van der Waals surface area contributed by atoms with Crippen LogP contribution in [0, 0.1) is 11.8 Å². The molecule has 242 valence electrons. The summed E-state index contributed by atoms with van der Waals surface area (Å²) in [6, 6.07) is 6.34. The molecule has 2 aromatic rings. The van der Waals surface area contributed by atoms with Gasteiger partial charge >= 0.3 is 27.3 Å². The lowest BCUT2D eigenvalue weighted by molar-refractivity contribution is -0.170. The van der Waals surface area contributed by atoms with E-state index in [2.05, 4.69) is 4.28 Å². The number of ether oxygens (including phenoxy) is 2. The first kappa shape index (κ1) is 31.3. The third kappa shape index (κ3) is 4.94. The lowest BCUT2D eigenvalue weighted by Gasteiger charge is -2.28. The molecule has 2 bridgehead atoms. The van der Waals surface area contributed by atoms with Crippen molar-refractivity contribution >= 4 is 54.8 Å². The fraction of sp³-hybridized carbons (Fsp3) is 0.481. The maximum absolute atomic E-state index is 15.2. The molecule has 1 N–H and O–H groups in total. The molecule has 45 heavy (non-hydrogen) atoms. The van der Waals surface area contributed by atoms with Gasteiger partial charge in [0.25, 0.3) is 21.9 Å². The number of amides is 2. The van der Waals surface area contributed by atoms with Crippen molar-refractivity contribution in [2.75, 3.05) is 0 Å². The van der Waals surface area contributed by atoms with E-state index < -0.39 is 95.3 Å². The van der Waals surface area contributed by atoms with Crippen LogP contribution in [0.5, 0.6) is 5.75 Å². The lowest BCUT2D eigenvalue weighted by Crippen LogP contribution is -2.50. The van der Waals surface area contributed by atoms with Crippen molar-refractivity contribution in [2.45, 2.75) is 67.8 Å². The number of esters is 1. The molecular formula is C27H25F2NO13S2. The number of benzene rings is 2. The van der Waals surface area contributed by atoms with Crippen molar-refractivity contribution in [2.24, 2.45) is 11.8 Å². The van der Waals surface area contributed by atoms with Gasteiger partial charge < -0.3 is 14.6 Å². The van der Waals surface area contributed by atoms with Gasteiger partial charge in [0.15, 0.2) is 6.10 Å². The Morgan fingerprint density at radius 2 is 1.87 bits per heavy atom. The van der Waals surface area contributed by atoms with Crippen LogP contribution in [-0.4, -0.2) is 79.6 Å². The second kappa shape index (κ2) is 10.7. The molecule has 14 nitrogen and oxygen atoms in total. The first-order chi connectivity index (χ1) is 21.1. The minimum Gasteiger partial charge on any atom is -0.479 e. The summed E-state index contributed by atoms with van der Waals surface area (Å²) in [6.45, 7) is 1.84. The van der Waals surface area contributed by atoms with Crippen LogP contribution in [0.25, 0.3) is 10.8 Å². The summed E-state index contributed by atoms with van der Waals surface area (Å²) in [7, 11) is -10.7. The summed E-state index contributed by atoms with van der Waals surface area (Å²) in [6.07, 6.45) is -2.00. The molecule has 2 saturated carbocycles. The zero-order valence-electron chi connectivity index (χ0n) is 23.3. The molecule has 2 amide bonds. The van der Waals surface area contributed by atoms with Crippen molar-refractivity contribution in [3.05, 3.63) is 41.5 Å². The first-order valence-electron chi connectivity index (χ1n) is 13.9. The van der Waals surface area contributed by atoms with Crippen molar-refractivity contribution in [3.63, 3.8) is 0 Å². The zero-order chi connectivity index (χ0) is 32.6. The number of rotatable bonds is 11. The Morgan fingerprint density at radius 1 is 1.16 bits per heavy atom. The third-order valence-corrected chi connectivity index (χ3v) is 11.5. The smallest absolute Gasteiger partial charge is 0.467 e. The van der Waals surface area contributed by atoms with Gasteiger partial charge in [-0.2, -0.15) is 25.6 Å². The van der Waals surface area contributed by atoms with E-state index in [0.29, 0.717) is 12.8 Å². The largest absolute Gasteiger partial charge is 0.479 e. The SMILES string of the molecule is CCCCC(Oc1cc2c3c(cccc3c1)C(=O)N(OS(=O)(=O)C(F)(F)C(=O)OC1C3CC4OS(=O)(=O)C1C4C3)C2=O)C(=O)O. The van der Waals surface area contributed by atoms with Gasteiger partial charge in [0.05, 0.1) is 17.2 Å². The Hall–Kier alpha value is -3.74. The molecular weight excluding hydrogens is 648 g/mol. The van der Waals surface area contributed by atoms with Crippen LogP contribution < -0.4 is 4.74 Å². The van der Waals surface area contributed by atoms with Gasteiger partial charge in [-0.1, -0.05) is 25.5 Å². The van der Waals surface area contributed by atoms with Crippen LogP contribution in [-0.2, 0) is 43.0 Å². The number of carboxylic acid groups (broad SMARTS) is 1. The molecule has 2 aliphatic carbocycles. The van der Waals surface area contributed by atoms with Gasteiger partial charge in [-0.15, -0.1) is 9.35 Å². The number of aliphatic carboxylic acids is 1. The molecule has 2 heterocycles. The van der Waals surface area contributed by atoms with E-state index >= 15 is 8.78 Å². The molecule has 6 atom stereocenters. The highest BCUT2D eigenvalue weighted by Gasteiger charge is 2.68. The topological polar surface area (TPSA) is 197 Å². The standard InChI is InChI=1S/C27H25F2NO13S2/c1-2-3-7-18(25(33)34)40-14-8-12-5-4-6-15-20(12)17(11-14)24(32)30(23(15)31)43-45(38,39)27(28,29)26(35)41-21-13-9-16-19(10-13)42-44(36,37)22(16)21/h4-6,8,11,13,16,18-19,21-22H,2-3,7,9-10H2,1H3,(H,33,34). The summed E-state index contributed by atoms with van der Waals surface area (Å²) in [4.78, 5) is 50.7. The molecule has 2 aromatic carbocycles. The molecule has 6 unspecified atom stereocenters. The molecule has 4 aliphatic rings. The maximum Gasteiger partial charge on any atom is 0.467 e. The lowest BCUT2D eigenvalue weighted by atomic mass is 9.94. The van der Waals surface area contributed by atoms with E-state index in [1.54, 1.807) is 0 Å². The summed E-state index contributed by atoms with van der Waals surface area (Å²) in [5, 5.41) is 2.37. The number of halogens is 2. The van der Waals surface area contributed by atoms with E-state index in [1.165, 1.54) is 24.3 Å². The van der Waals surface area contributed by atoms with E-state index in [-0.39, 0.29) is 41.3 Å². The van der Waals surface area contributed by atoms with E-state index in [9.17, 15) is 41.1 Å². The maximum atomic E-state index is 15.2. The van der Waals surface area contributed by atoms with Crippen LogP contribution in [0.15, 0.2) is 30.3 Å². The highest BCUT2D eigenvalue weighted by molar-refractivity contribution is 7.88. The molecule has 18 heteroatoms. The number of nitrogens with zero attached hydrogens (tertiary/aromatic N) is 1. The Bertz CT molecular complexity index is 1860. The number of unbranched alkanes of at least 4 members (excludes halogenated alkanes) is 1. The Labute approximate surface area is 254 Å². The second-order valence-corrected chi connectivity index (χ2v) is 14.6. The number of fused-ring (bicyclic) bond motifs is 1. The van der Waals surface area contributed by atoms with E-state index in [4.69, 9.17) is 13.7 Å². The molecule has 6 rings (SSSR count). The summed E-state index contributed by atoms with van der Waals surface area (Å²) in [5.74, 6) is -8.31. The number of carbonyl (C=O) groups is 4. The Morgan fingerprint density at radius 3 is 2.56 bits per heavy atom. The van der Waals surface area contributed by atoms with Crippen LogP contribution >= 0.6 is 0 Å². The summed E-state index contributed by atoms with van der Waals surface area (Å²) in [5.41, 5.74) is -0.750. The fourth-order valence-electron chi connectivity index (χ4n) is 6.51. The van der Waals surface area contributed by atoms with Crippen LogP contribution in [0.3, 0.4) is 0 Å².